The molecule has 1 fully saturated rings. The fourth-order valence-corrected chi connectivity index (χ4v) is 3.36. The Morgan fingerprint density at radius 1 is 1.23 bits per heavy atom. The second kappa shape index (κ2) is 9.11. The van der Waals surface area contributed by atoms with E-state index in [0.717, 1.165) is 43.4 Å². The summed E-state index contributed by atoms with van der Waals surface area (Å²) in [6.07, 6.45) is 7.32. The summed E-state index contributed by atoms with van der Waals surface area (Å²) in [5.41, 5.74) is 0.592. The fraction of sp³-hybridized carbons (Fsp3) is 0.381. The zero-order chi connectivity index (χ0) is 19.3. The lowest BCUT2D eigenvalue weighted by Crippen LogP contribution is -2.13. The van der Waals surface area contributed by atoms with E-state index in [1.807, 2.05) is 5.16 Å². The summed E-state index contributed by atoms with van der Waals surface area (Å²) >= 11 is 4.37. The highest BCUT2D eigenvalue weighted by molar-refractivity contribution is 7.78. The number of allylic oxidation sites excluding steroid dienone is 5. The van der Waals surface area contributed by atoms with Gasteiger partial charge in [0.2, 0.25) is 0 Å². The molecule has 0 atom stereocenters. The van der Waals surface area contributed by atoms with Gasteiger partial charge in [-0.3, -0.25) is 0 Å². The predicted molar refractivity (Wildman–Crippen MR) is 104 cm³/mol. The molecule has 0 bridgehead atoms. The first-order chi connectivity index (χ1) is 12.4. The van der Waals surface area contributed by atoms with Crippen LogP contribution in [-0.4, -0.2) is 5.16 Å². The summed E-state index contributed by atoms with van der Waals surface area (Å²) in [5, 5.41) is 1.93. The lowest BCUT2D eigenvalue weighted by Gasteiger charge is -2.27. The number of hydrogen-bond acceptors (Lipinski definition) is 2. The van der Waals surface area contributed by atoms with Crippen molar-refractivity contribution in [3.8, 4) is 0 Å². The minimum atomic E-state index is -0.904. The highest BCUT2D eigenvalue weighted by Crippen LogP contribution is 2.35. The molecule has 1 aromatic carbocycles. The number of thiocarbonyl (C=S) groups is 1. The molecule has 0 N–H and O–H groups in total. The van der Waals surface area contributed by atoms with Gasteiger partial charge >= 0.3 is 0 Å². The van der Waals surface area contributed by atoms with Crippen LogP contribution in [0.25, 0.3) is 5.57 Å². The molecule has 0 amide bonds. The van der Waals surface area contributed by atoms with Gasteiger partial charge in [0.05, 0.1) is 5.16 Å². The first kappa shape index (κ1) is 20.3. The van der Waals surface area contributed by atoms with Gasteiger partial charge in [0.15, 0.2) is 11.6 Å². The van der Waals surface area contributed by atoms with Crippen LogP contribution in [0.2, 0.25) is 0 Å². The number of hydrogen-bond donors (Lipinski definition) is 0. The summed E-state index contributed by atoms with van der Waals surface area (Å²) in [4.78, 5) is 3.36. The Labute approximate surface area is 158 Å². The van der Waals surface area contributed by atoms with E-state index in [-0.39, 0.29) is 17.1 Å². The standard InChI is InChI=1S/C21H22F3NS/c1-4-15(16-7-5-13(2)6-8-16)9-18(22)14(3)17-10-19(23)21(25-12-26)20(24)11-17/h4,9-11,13,16H,1,5-8H2,2-3H3/b15-9+,18-14-. The van der Waals surface area contributed by atoms with Crippen molar-refractivity contribution in [1.29, 1.82) is 0 Å². The number of isothiocyanates is 1. The lowest BCUT2D eigenvalue weighted by molar-refractivity contribution is 0.323. The molecule has 0 unspecified atom stereocenters. The Balaban J connectivity index is 2.35. The van der Waals surface area contributed by atoms with Crippen LogP contribution in [0, 0.1) is 23.5 Å². The number of rotatable bonds is 5. The summed E-state index contributed by atoms with van der Waals surface area (Å²) in [7, 11) is 0. The first-order valence-corrected chi connectivity index (χ1v) is 9.05. The van der Waals surface area contributed by atoms with Gasteiger partial charge in [-0.2, -0.15) is 4.99 Å². The van der Waals surface area contributed by atoms with Crippen LogP contribution in [0.15, 0.2) is 47.3 Å². The molecule has 5 heteroatoms. The lowest BCUT2D eigenvalue weighted by atomic mass is 9.79. The number of aliphatic imine (C=N–C) groups is 1. The van der Waals surface area contributed by atoms with Gasteiger partial charge in [0, 0.05) is 0 Å². The molecule has 0 spiro atoms. The van der Waals surface area contributed by atoms with Gasteiger partial charge < -0.3 is 0 Å². The van der Waals surface area contributed by atoms with E-state index in [9.17, 15) is 13.2 Å². The van der Waals surface area contributed by atoms with Crippen LogP contribution < -0.4 is 0 Å². The van der Waals surface area contributed by atoms with Crippen LogP contribution in [-0.2, 0) is 0 Å². The topological polar surface area (TPSA) is 12.4 Å². The normalized spacial score (nSPS) is 21.7. The van der Waals surface area contributed by atoms with Crippen molar-refractivity contribution >= 4 is 28.6 Å². The Morgan fingerprint density at radius 2 is 1.81 bits per heavy atom. The van der Waals surface area contributed by atoms with Crippen LogP contribution >= 0.6 is 12.2 Å². The maximum Gasteiger partial charge on any atom is 0.153 e. The zero-order valence-electron chi connectivity index (χ0n) is 15.0. The maximum atomic E-state index is 14.7. The number of benzene rings is 1. The zero-order valence-corrected chi connectivity index (χ0v) is 15.8. The largest absolute Gasteiger partial charge is 0.207 e. The van der Waals surface area contributed by atoms with E-state index in [0.29, 0.717) is 5.92 Å². The third kappa shape index (κ3) is 4.80. The molecule has 0 saturated heterocycles. The molecular formula is C21H22F3NS. The fourth-order valence-electron chi connectivity index (χ4n) is 3.26. The van der Waals surface area contributed by atoms with E-state index >= 15 is 0 Å². The van der Waals surface area contributed by atoms with Gasteiger partial charge in [-0.05, 0) is 78.7 Å². The molecule has 0 heterocycles. The van der Waals surface area contributed by atoms with Gasteiger partial charge in [0.25, 0.3) is 0 Å². The minimum Gasteiger partial charge on any atom is -0.207 e. The minimum absolute atomic E-state index is 0.123. The SMILES string of the molecule is C=C/C(=C\C(F)=C(/C)c1cc(F)c(N=C=S)c(F)c1)C1CCC(C)CC1. The van der Waals surface area contributed by atoms with Crippen molar-refractivity contribution in [2.24, 2.45) is 16.8 Å². The van der Waals surface area contributed by atoms with Crippen LogP contribution in [0.1, 0.15) is 45.1 Å². The Bertz CT molecular complexity index is 772. The van der Waals surface area contributed by atoms with E-state index in [4.69, 9.17) is 0 Å². The van der Waals surface area contributed by atoms with Crippen molar-refractivity contribution in [2.45, 2.75) is 39.5 Å². The summed E-state index contributed by atoms with van der Waals surface area (Å²) < 4.78 is 42.7. The van der Waals surface area contributed by atoms with E-state index in [2.05, 4.69) is 30.7 Å². The van der Waals surface area contributed by atoms with Gasteiger partial charge in [-0.1, -0.05) is 32.4 Å². The Kier molecular flexibility index (Phi) is 7.13. The summed E-state index contributed by atoms with van der Waals surface area (Å²) in [6, 6.07) is 2.10. The van der Waals surface area contributed by atoms with Crippen LogP contribution in [0.5, 0.6) is 0 Å². The van der Waals surface area contributed by atoms with Crippen molar-refractivity contribution in [1.82, 2.24) is 0 Å². The van der Waals surface area contributed by atoms with Crippen molar-refractivity contribution in [2.75, 3.05) is 0 Å². The molecule has 0 aliphatic heterocycles. The maximum absolute atomic E-state index is 14.7. The molecule has 1 saturated carbocycles. The molecule has 1 aliphatic rings. The van der Waals surface area contributed by atoms with Crippen LogP contribution in [0.4, 0.5) is 18.9 Å². The van der Waals surface area contributed by atoms with E-state index in [1.54, 1.807) is 6.08 Å². The number of halogens is 3. The molecule has 1 aromatic rings. The van der Waals surface area contributed by atoms with Crippen molar-refractivity contribution in [3.63, 3.8) is 0 Å². The molecule has 0 radical (unpaired) electrons. The summed E-state index contributed by atoms with van der Waals surface area (Å²) in [6.45, 7) is 7.51. The average molecular weight is 377 g/mol. The molecule has 2 rings (SSSR count). The van der Waals surface area contributed by atoms with Gasteiger partial charge in [-0.25, -0.2) is 13.2 Å². The molecule has 1 aliphatic carbocycles. The van der Waals surface area contributed by atoms with E-state index < -0.39 is 23.1 Å². The Hall–Kier alpha value is -1.97. The molecule has 26 heavy (non-hydrogen) atoms. The first-order valence-electron chi connectivity index (χ1n) is 8.65. The van der Waals surface area contributed by atoms with Gasteiger partial charge in [-0.15, -0.1) is 0 Å². The third-order valence-electron chi connectivity index (χ3n) is 4.98. The monoisotopic (exact) mass is 377 g/mol. The second-order valence-corrected chi connectivity index (χ2v) is 6.95. The molecular weight excluding hydrogens is 355 g/mol. The highest BCUT2D eigenvalue weighted by Gasteiger charge is 2.21. The van der Waals surface area contributed by atoms with Gasteiger partial charge in [0.1, 0.15) is 11.5 Å². The molecule has 138 valence electrons. The molecule has 0 aromatic heterocycles. The quantitative estimate of drug-likeness (QED) is 0.297. The highest BCUT2D eigenvalue weighted by atomic mass is 32.1. The second-order valence-electron chi connectivity index (χ2n) is 6.77. The Morgan fingerprint density at radius 3 is 2.31 bits per heavy atom. The third-order valence-corrected chi connectivity index (χ3v) is 5.07. The van der Waals surface area contributed by atoms with E-state index in [1.165, 1.54) is 13.0 Å². The molecule has 1 nitrogen and oxygen atoms in total. The predicted octanol–water partition coefficient (Wildman–Crippen LogP) is 7.34. The van der Waals surface area contributed by atoms with Crippen LogP contribution in [0.3, 0.4) is 0 Å². The van der Waals surface area contributed by atoms with Crippen molar-refractivity contribution < 1.29 is 13.2 Å². The summed E-state index contributed by atoms with van der Waals surface area (Å²) in [5.74, 6) is -1.37. The average Bonchev–Trinajstić information content (AvgIpc) is 2.62. The smallest absolute Gasteiger partial charge is 0.153 e. The number of nitrogens with zero attached hydrogens (tertiary/aromatic N) is 1. The van der Waals surface area contributed by atoms with Crippen molar-refractivity contribution in [3.05, 3.63) is 59.5 Å².